The molecule has 2 aliphatic rings. The molecule has 5 nitrogen and oxygen atoms in total. The maximum Gasteiger partial charge on any atom is 0.351 e. The van der Waals surface area contributed by atoms with Gasteiger partial charge < -0.3 is 13.6 Å². The zero-order valence-electron chi connectivity index (χ0n) is 21.7. The van der Waals surface area contributed by atoms with Crippen LogP contribution in [0.15, 0.2) is 45.6 Å². The lowest BCUT2D eigenvalue weighted by Crippen LogP contribution is -2.64. The molecule has 4 atom stereocenters. The standard InChI is InChI=1S/C28H38O5Si/c1-17(2)19-14-20-25(29)24-22(16-21(31-26(24)30)18-12-10-9-11-13-18)32-28(20,6)23(15-19)33-34(7,8)27(3,4)5/h9-13,16-17,19-20,23H,14-15H2,1-8H3/t19-,20-,23?,28-/m0/s1. The highest BCUT2D eigenvalue weighted by molar-refractivity contribution is 6.74. The summed E-state index contributed by atoms with van der Waals surface area (Å²) in [6.07, 6.45) is 1.29. The second-order valence-electron chi connectivity index (χ2n) is 12.0. The molecule has 1 aromatic heterocycles. The van der Waals surface area contributed by atoms with Gasteiger partial charge in [0.15, 0.2) is 14.1 Å². The molecule has 0 N–H and O–H groups in total. The first-order valence-corrected chi connectivity index (χ1v) is 15.3. The third-order valence-electron chi connectivity index (χ3n) is 8.44. The van der Waals surface area contributed by atoms with Crippen LogP contribution in [0.3, 0.4) is 0 Å². The van der Waals surface area contributed by atoms with Crippen molar-refractivity contribution in [3.8, 4) is 17.1 Å². The lowest BCUT2D eigenvalue weighted by molar-refractivity contribution is -0.111. The number of benzene rings is 1. The second-order valence-corrected chi connectivity index (χ2v) is 16.8. The predicted octanol–water partition coefficient (Wildman–Crippen LogP) is 6.71. The van der Waals surface area contributed by atoms with Crippen LogP contribution in [0.2, 0.25) is 18.1 Å². The summed E-state index contributed by atoms with van der Waals surface area (Å²) in [5.74, 6) is 0.814. The molecule has 0 spiro atoms. The molecule has 34 heavy (non-hydrogen) atoms. The van der Waals surface area contributed by atoms with Crippen LogP contribution in [0, 0.1) is 17.8 Å². The molecule has 0 bridgehead atoms. The molecule has 2 heterocycles. The molecule has 1 aromatic carbocycles. The van der Waals surface area contributed by atoms with E-state index in [1.54, 1.807) is 6.07 Å². The van der Waals surface area contributed by atoms with Crippen LogP contribution in [0.4, 0.5) is 0 Å². The van der Waals surface area contributed by atoms with E-state index in [-0.39, 0.29) is 22.5 Å². The van der Waals surface area contributed by atoms with Gasteiger partial charge in [-0.3, -0.25) is 4.79 Å². The van der Waals surface area contributed by atoms with Crippen LogP contribution in [0.25, 0.3) is 11.3 Å². The van der Waals surface area contributed by atoms with Gasteiger partial charge in [-0.15, -0.1) is 0 Å². The molecule has 184 valence electrons. The van der Waals surface area contributed by atoms with Crippen LogP contribution in [-0.2, 0) is 4.43 Å². The van der Waals surface area contributed by atoms with Gasteiger partial charge in [0.25, 0.3) is 0 Å². The van der Waals surface area contributed by atoms with Gasteiger partial charge in [0.05, 0.1) is 12.0 Å². The fourth-order valence-corrected chi connectivity index (χ4v) is 6.44. The Morgan fingerprint density at radius 2 is 1.74 bits per heavy atom. The summed E-state index contributed by atoms with van der Waals surface area (Å²) in [4.78, 5) is 26.8. The minimum Gasteiger partial charge on any atom is -0.483 e. The topological polar surface area (TPSA) is 65.7 Å². The molecule has 1 unspecified atom stereocenters. The first-order valence-electron chi connectivity index (χ1n) is 12.4. The maximum absolute atomic E-state index is 13.8. The van der Waals surface area contributed by atoms with Crippen molar-refractivity contribution in [3.63, 3.8) is 0 Å². The smallest absolute Gasteiger partial charge is 0.351 e. The van der Waals surface area contributed by atoms with Gasteiger partial charge in [-0.05, 0) is 49.7 Å². The molecule has 0 radical (unpaired) electrons. The fraction of sp³-hybridized carbons (Fsp3) is 0.571. The van der Waals surface area contributed by atoms with E-state index < -0.39 is 25.5 Å². The monoisotopic (exact) mass is 482 g/mol. The van der Waals surface area contributed by atoms with Crippen LogP contribution in [-0.4, -0.2) is 25.8 Å². The Hall–Kier alpha value is -2.18. The van der Waals surface area contributed by atoms with Crippen LogP contribution < -0.4 is 10.4 Å². The Morgan fingerprint density at radius 3 is 2.32 bits per heavy atom. The summed E-state index contributed by atoms with van der Waals surface area (Å²) in [6, 6.07) is 11.1. The number of rotatable bonds is 4. The Bertz CT molecular complexity index is 1130. The van der Waals surface area contributed by atoms with Crippen molar-refractivity contribution in [2.75, 3.05) is 0 Å². The third-order valence-corrected chi connectivity index (χ3v) is 12.9. The normalized spacial score (nSPS) is 27.2. The van der Waals surface area contributed by atoms with E-state index >= 15 is 0 Å². The summed E-state index contributed by atoms with van der Waals surface area (Å²) < 4.78 is 19.2. The summed E-state index contributed by atoms with van der Waals surface area (Å²) in [5, 5.41) is 0.0295. The van der Waals surface area contributed by atoms with Gasteiger partial charge in [-0.2, -0.15) is 0 Å². The average Bonchev–Trinajstić information content (AvgIpc) is 2.73. The summed E-state index contributed by atoms with van der Waals surface area (Å²) in [7, 11) is -2.14. The van der Waals surface area contributed by atoms with Crippen molar-refractivity contribution in [1.29, 1.82) is 0 Å². The van der Waals surface area contributed by atoms with Crippen LogP contribution in [0.1, 0.15) is 64.7 Å². The molecule has 2 aromatic rings. The Morgan fingerprint density at radius 1 is 1.09 bits per heavy atom. The van der Waals surface area contributed by atoms with E-state index in [2.05, 4.69) is 47.7 Å². The molecule has 1 fully saturated rings. The number of Topliss-reactive ketones (excluding diaryl/α,β-unsaturated/α-hetero) is 1. The number of fused-ring (bicyclic) bond motifs is 2. The van der Waals surface area contributed by atoms with Crippen molar-refractivity contribution in [2.24, 2.45) is 17.8 Å². The summed E-state index contributed by atoms with van der Waals surface area (Å²) in [6.45, 7) is 17.5. The van der Waals surface area contributed by atoms with Gasteiger partial charge in [-0.1, -0.05) is 65.0 Å². The Kier molecular flexibility index (Phi) is 6.22. The van der Waals surface area contributed by atoms with Crippen molar-refractivity contribution >= 4 is 14.1 Å². The number of hydrogen-bond acceptors (Lipinski definition) is 5. The van der Waals surface area contributed by atoms with E-state index in [0.717, 1.165) is 12.0 Å². The van der Waals surface area contributed by atoms with Crippen LogP contribution >= 0.6 is 0 Å². The van der Waals surface area contributed by atoms with Crippen molar-refractivity contribution in [1.82, 2.24) is 0 Å². The quantitative estimate of drug-likeness (QED) is 0.453. The number of ketones is 1. The van der Waals surface area contributed by atoms with Crippen molar-refractivity contribution < 1.29 is 18.4 Å². The van der Waals surface area contributed by atoms with Crippen molar-refractivity contribution in [3.05, 3.63) is 52.4 Å². The maximum atomic E-state index is 13.8. The zero-order valence-corrected chi connectivity index (χ0v) is 22.7. The molecule has 1 saturated carbocycles. The SMILES string of the molecule is CC(C)[C@@H]1CC(O[Si](C)(C)C(C)(C)C)[C@@]2(C)Oc3cc(-c4ccccc4)oc(=O)c3C(=O)[C@@H]2C1. The molecule has 1 aliphatic carbocycles. The van der Waals surface area contributed by atoms with E-state index in [4.69, 9.17) is 13.6 Å². The third kappa shape index (κ3) is 4.20. The number of hydrogen-bond donors (Lipinski definition) is 0. The molecule has 6 heteroatoms. The Labute approximate surface area is 204 Å². The lowest BCUT2D eigenvalue weighted by Gasteiger charge is -2.54. The molecule has 0 amide bonds. The lowest BCUT2D eigenvalue weighted by atomic mass is 9.64. The number of ether oxygens (including phenoxy) is 1. The van der Waals surface area contributed by atoms with Crippen molar-refractivity contribution in [2.45, 2.75) is 84.2 Å². The van der Waals surface area contributed by atoms with E-state index in [0.29, 0.717) is 29.8 Å². The van der Waals surface area contributed by atoms with Gasteiger partial charge in [0, 0.05) is 11.6 Å². The zero-order chi connectivity index (χ0) is 25.1. The highest BCUT2D eigenvalue weighted by Crippen LogP contribution is 2.51. The fourth-order valence-electron chi connectivity index (χ4n) is 5.04. The van der Waals surface area contributed by atoms with Crippen LogP contribution in [0.5, 0.6) is 5.75 Å². The average molecular weight is 483 g/mol. The predicted molar refractivity (Wildman–Crippen MR) is 137 cm³/mol. The minimum atomic E-state index is -2.14. The molecular formula is C28H38O5Si. The molecular weight excluding hydrogens is 444 g/mol. The van der Waals surface area contributed by atoms with E-state index in [1.165, 1.54) is 0 Å². The molecule has 4 rings (SSSR count). The largest absolute Gasteiger partial charge is 0.483 e. The first kappa shape index (κ1) is 24.9. The van der Waals surface area contributed by atoms with Gasteiger partial charge in [0.2, 0.25) is 0 Å². The minimum absolute atomic E-state index is 0.0295. The number of carbonyl (C=O) groups excluding carboxylic acids is 1. The van der Waals surface area contributed by atoms with E-state index in [1.807, 2.05) is 37.3 Å². The van der Waals surface area contributed by atoms with Gasteiger partial charge >= 0.3 is 5.63 Å². The Balaban J connectivity index is 1.81. The second kappa shape index (κ2) is 8.49. The summed E-state index contributed by atoms with van der Waals surface area (Å²) >= 11 is 0. The highest BCUT2D eigenvalue weighted by Gasteiger charge is 2.58. The molecule has 1 aliphatic heterocycles. The summed E-state index contributed by atoms with van der Waals surface area (Å²) in [5.41, 5.74) is -0.662. The number of carbonyl (C=O) groups is 1. The van der Waals surface area contributed by atoms with Gasteiger partial charge in [-0.25, -0.2) is 4.79 Å². The van der Waals surface area contributed by atoms with Gasteiger partial charge in [0.1, 0.15) is 22.7 Å². The molecule has 0 saturated heterocycles. The van der Waals surface area contributed by atoms with E-state index in [9.17, 15) is 9.59 Å². The highest BCUT2D eigenvalue weighted by atomic mass is 28.4. The first-order chi connectivity index (χ1) is 15.7.